The number of anilines is 1. The van der Waals surface area contributed by atoms with Crippen molar-refractivity contribution < 1.29 is 9.18 Å². The molecule has 106 valence electrons. The second-order valence-electron chi connectivity index (χ2n) is 4.69. The van der Waals surface area contributed by atoms with E-state index in [9.17, 15) is 9.18 Å². The molecule has 2 rings (SSSR count). The number of nitrogens with zero attached hydrogens (tertiary/aromatic N) is 1. The molecule has 0 spiro atoms. The van der Waals surface area contributed by atoms with Crippen LogP contribution < -0.4 is 11.1 Å². The number of nitrogen functional groups attached to an aromatic ring is 1. The van der Waals surface area contributed by atoms with Crippen LogP contribution in [0, 0.1) is 24.1 Å². The van der Waals surface area contributed by atoms with Crippen LogP contribution in [0.25, 0.3) is 0 Å². The number of halogens is 1. The summed E-state index contributed by atoms with van der Waals surface area (Å²) >= 11 is 0. The number of nitrogens with two attached hydrogens (primary N) is 1. The van der Waals surface area contributed by atoms with Crippen LogP contribution in [0.4, 0.5) is 10.1 Å². The van der Waals surface area contributed by atoms with Gasteiger partial charge in [-0.05, 0) is 42.3 Å². The molecular weight excluding hydrogens is 269 g/mol. The van der Waals surface area contributed by atoms with E-state index in [2.05, 4.69) is 5.32 Å². The highest BCUT2D eigenvalue weighted by Gasteiger charge is 2.14. The maximum atomic E-state index is 13.9. The second-order valence-corrected chi connectivity index (χ2v) is 4.69. The Kier molecular flexibility index (Phi) is 4.19. The van der Waals surface area contributed by atoms with Crippen molar-refractivity contribution >= 4 is 11.6 Å². The van der Waals surface area contributed by atoms with Crippen molar-refractivity contribution in [3.8, 4) is 6.07 Å². The number of nitrogens with one attached hydrogen (secondary N) is 1. The van der Waals surface area contributed by atoms with Gasteiger partial charge in [0.1, 0.15) is 5.82 Å². The van der Waals surface area contributed by atoms with Crippen molar-refractivity contribution in [2.75, 3.05) is 5.73 Å². The van der Waals surface area contributed by atoms with Crippen LogP contribution in [0.2, 0.25) is 0 Å². The van der Waals surface area contributed by atoms with E-state index < -0.39 is 11.7 Å². The fraction of sp³-hybridized carbons (Fsp3) is 0.125. The molecule has 0 aliphatic rings. The quantitative estimate of drug-likeness (QED) is 0.849. The molecule has 0 aliphatic carbocycles. The highest BCUT2D eigenvalue weighted by molar-refractivity contribution is 5.95. The Balaban J connectivity index is 2.14. The van der Waals surface area contributed by atoms with Gasteiger partial charge in [0.25, 0.3) is 5.91 Å². The first-order valence-electron chi connectivity index (χ1n) is 6.34. The highest BCUT2D eigenvalue weighted by atomic mass is 19.1. The number of carbonyl (C=O) groups excluding carboxylic acids is 1. The first-order chi connectivity index (χ1) is 10.0. The molecule has 0 unspecified atom stereocenters. The van der Waals surface area contributed by atoms with Gasteiger partial charge >= 0.3 is 0 Å². The SMILES string of the molecule is Cc1cc(N)cc(C(=O)NCc2cccc(C#N)c2)c1F. The predicted molar refractivity (Wildman–Crippen MR) is 77.9 cm³/mol. The number of nitriles is 1. The molecule has 0 aliphatic heterocycles. The summed E-state index contributed by atoms with van der Waals surface area (Å²) in [6, 6.07) is 11.7. The van der Waals surface area contributed by atoms with Crippen LogP contribution in [-0.4, -0.2) is 5.91 Å². The van der Waals surface area contributed by atoms with Crippen molar-refractivity contribution in [3.63, 3.8) is 0 Å². The average molecular weight is 283 g/mol. The van der Waals surface area contributed by atoms with Gasteiger partial charge in [-0.2, -0.15) is 5.26 Å². The lowest BCUT2D eigenvalue weighted by Gasteiger charge is -2.09. The van der Waals surface area contributed by atoms with E-state index in [0.717, 1.165) is 5.56 Å². The molecule has 0 atom stereocenters. The number of aryl methyl sites for hydroxylation is 1. The van der Waals surface area contributed by atoms with E-state index in [-0.39, 0.29) is 12.1 Å². The number of benzene rings is 2. The summed E-state index contributed by atoms with van der Waals surface area (Å²) in [7, 11) is 0. The normalized spacial score (nSPS) is 9.95. The van der Waals surface area contributed by atoms with Crippen molar-refractivity contribution in [2.45, 2.75) is 13.5 Å². The molecule has 0 fully saturated rings. The highest BCUT2D eigenvalue weighted by Crippen LogP contribution is 2.17. The summed E-state index contributed by atoms with van der Waals surface area (Å²) in [6.07, 6.45) is 0. The van der Waals surface area contributed by atoms with E-state index in [1.165, 1.54) is 12.1 Å². The summed E-state index contributed by atoms with van der Waals surface area (Å²) in [5.41, 5.74) is 7.49. The predicted octanol–water partition coefficient (Wildman–Crippen LogP) is 2.52. The fourth-order valence-corrected chi connectivity index (χ4v) is 1.99. The zero-order valence-electron chi connectivity index (χ0n) is 11.5. The van der Waals surface area contributed by atoms with Gasteiger partial charge in [0.15, 0.2) is 0 Å². The molecule has 1 amide bonds. The van der Waals surface area contributed by atoms with Crippen molar-refractivity contribution in [2.24, 2.45) is 0 Å². The summed E-state index contributed by atoms with van der Waals surface area (Å²) in [4.78, 5) is 12.0. The zero-order valence-corrected chi connectivity index (χ0v) is 11.5. The summed E-state index contributed by atoms with van der Waals surface area (Å²) in [6.45, 7) is 1.76. The average Bonchev–Trinajstić information content (AvgIpc) is 2.48. The van der Waals surface area contributed by atoms with Crippen LogP contribution in [-0.2, 0) is 6.54 Å². The van der Waals surface area contributed by atoms with Gasteiger partial charge in [-0.1, -0.05) is 12.1 Å². The molecule has 2 aromatic carbocycles. The Bertz CT molecular complexity index is 735. The zero-order chi connectivity index (χ0) is 15.4. The minimum Gasteiger partial charge on any atom is -0.399 e. The van der Waals surface area contributed by atoms with Crippen LogP contribution >= 0.6 is 0 Å². The smallest absolute Gasteiger partial charge is 0.254 e. The lowest BCUT2D eigenvalue weighted by molar-refractivity contribution is 0.0946. The summed E-state index contributed by atoms with van der Waals surface area (Å²) in [5.74, 6) is -1.11. The van der Waals surface area contributed by atoms with Gasteiger partial charge in [-0.25, -0.2) is 4.39 Å². The Hall–Kier alpha value is -2.87. The Labute approximate surface area is 122 Å². The number of amides is 1. The minimum atomic E-state index is -0.576. The lowest BCUT2D eigenvalue weighted by atomic mass is 10.1. The third-order valence-electron chi connectivity index (χ3n) is 3.03. The van der Waals surface area contributed by atoms with Crippen LogP contribution in [0.5, 0.6) is 0 Å². The number of carbonyl (C=O) groups is 1. The Morgan fingerprint density at radius 1 is 1.38 bits per heavy atom. The molecule has 3 N–H and O–H groups in total. The first kappa shape index (κ1) is 14.5. The monoisotopic (exact) mass is 283 g/mol. The molecule has 2 aromatic rings. The van der Waals surface area contributed by atoms with E-state index in [0.29, 0.717) is 16.8 Å². The van der Waals surface area contributed by atoms with E-state index in [1.54, 1.807) is 31.2 Å². The summed E-state index contributed by atoms with van der Waals surface area (Å²) < 4.78 is 13.9. The van der Waals surface area contributed by atoms with Crippen molar-refractivity contribution in [1.82, 2.24) is 5.32 Å². The maximum Gasteiger partial charge on any atom is 0.254 e. The molecule has 0 saturated heterocycles. The summed E-state index contributed by atoms with van der Waals surface area (Å²) in [5, 5.41) is 11.4. The van der Waals surface area contributed by atoms with Crippen LogP contribution in [0.3, 0.4) is 0 Å². The Morgan fingerprint density at radius 3 is 2.86 bits per heavy atom. The standard InChI is InChI=1S/C16H14FN3O/c1-10-5-13(19)7-14(15(10)17)16(21)20-9-12-4-2-3-11(6-12)8-18/h2-7H,9,19H2,1H3,(H,20,21). The molecule has 0 bridgehead atoms. The minimum absolute atomic E-state index is 0.0797. The van der Waals surface area contributed by atoms with Crippen molar-refractivity contribution in [3.05, 3.63) is 64.5 Å². The van der Waals surface area contributed by atoms with Gasteiger partial charge in [0.2, 0.25) is 0 Å². The van der Waals surface area contributed by atoms with Crippen LogP contribution in [0.15, 0.2) is 36.4 Å². The topological polar surface area (TPSA) is 78.9 Å². The van der Waals surface area contributed by atoms with Crippen molar-refractivity contribution in [1.29, 1.82) is 5.26 Å². The third kappa shape index (κ3) is 3.37. The van der Waals surface area contributed by atoms with Crippen LogP contribution in [0.1, 0.15) is 27.0 Å². The maximum absolute atomic E-state index is 13.9. The molecule has 0 saturated carbocycles. The van der Waals surface area contributed by atoms with E-state index in [4.69, 9.17) is 11.0 Å². The molecule has 21 heavy (non-hydrogen) atoms. The first-order valence-corrected chi connectivity index (χ1v) is 6.34. The van der Waals surface area contributed by atoms with E-state index in [1.807, 2.05) is 6.07 Å². The lowest BCUT2D eigenvalue weighted by Crippen LogP contribution is -2.24. The molecular formula is C16H14FN3O. The second kappa shape index (κ2) is 6.06. The Morgan fingerprint density at radius 2 is 2.14 bits per heavy atom. The number of rotatable bonds is 3. The molecule has 5 heteroatoms. The largest absolute Gasteiger partial charge is 0.399 e. The molecule has 0 heterocycles. The molecule has 4 nitrogen and oxygen atoms in total. The van der Waals surface area contributed by atoms with Gasteiger partial charge in [-0.3, -0.25) is 4.79 Å². The van der Waals surface area contributed by atoms with E-state index >= 15 is 0 Å². The fourth-order valence-electron chi connectivity index (χ4n) is 1.99. The molecule has 0 aromatic heterocycles. The molecule has 0 radical (unpaired) electrons. The van der Waals surface area contributed by atoms with Gasteiger partial charge in [0.05, 0.1) is 17.2 Å². The number of hydrogen-bond donors (Lipinski definition) is 2. The number of hydrogen-bond acceptors (Lipinski definition) is 3. The third-order valence-corrected chi connectivity index (χ3v) is 3.03. The van der Waals surface area contributed by atoms with Gasteiger partial charge in [-0.15, -0.1) is 0 Å². The van der Waals surface area contributed by atoms with Gasteiger partial charge in [0, 0.05) is 12.2 Å². The van der Waals surface area contributed by atoms with Gasteiger partial charge < -0.3 is 11.1 Å².